The van der Waals surface area contributed by atoms with Crippen LogP contribution < -0.4 is 0 Å². The molecule has 0 saturated heterocycles. The first-order chi connectivity index (χ1) is 8.79. The summed E-state index contributed by atoms with van der Waals surface area (Å²) in [5.74, 6) is 0. The molecule has 104 valence electrons. The van der Waals surface area contributed by atoms with E-state index in [4.69, 9.17) is 0 Å². The van der Waals surface area contributed by atoms with Crippen LogP contribution in [0, 0.1) is 13.8 Å². The summed E-state index contributed by atoms with van der Waals surface area (Å²) < 4.78 is 0.194. The molecule has 0 bridgehead atoms. The minimum atomic E-state index is 0.194. The minimum Gasteiger partial charge on any atom is -0.173 e. The van der Waals surface area contributed by atoms with Gasteiger partial charge in [0.2, 0.25) is 0 Å². The highest BCUT2D eigenvalue weighted by molar-refractivity contribution is 7.81. The molecule has 0 spiro atoms. The fraction of sp³-hybridized carbons (Fsp3) is 0.333. The Morgan fingerprint density at radius 1 is 0.632 bits per heavy atom. The molecule has 2 aromatic carbocycles. The van der Waals surface area contributed by atoms with Crippen molar-refractivity contribution < 1.29 is 0 Å². The Labute approximate surface area is 124 Å². The fourth-order valence-electron chi connectivity index (χ4n) is 1.07. The van der Waals surface area contributed by atoms with Gasteiger partial charge in [-0.2, -0.15) is 12.6 Å². The second-order valence-electron chi connectivity index (χ2n) is 5.48. The van der Waals surface area contributed by atoms with E-state index in [1.54, 1.807) is 0 Å². The summed E-state index contributed by atoms with van der Waals surface area (Å²) in [7, 11) is 0. The highest BCUT2D eigenvalue weighted by atomic mass is 32.1. The van der Waals surface area contributed by atoms with E-state index in [0.717, 1.165) is 0 Å². The summed E-state index contributed by atoms with van der Waals surface area (Å²) in [6, 6.07) is 20.5. The van der Waals surface area contributed by atoms with Gasteiger partial charge < -0.3 is 0 Å². The zero-order valence-electron chi connectivity index (χ0n) is 12.7. The Hall–Kier alpha value is -1.21. The van der Waals surface area contributed by atoms with Crippen LogP contribution in [0.25, 0.3) is 0 Å². The molecule has 19 heavy (non-hydrogen) atoms. The molecule has 0 unspecified atom stereocenters. The third-order valence-electron chi connectivity index (χ3n) is 1.88. The number of thiol groups is 1. The number of hydrogen-bond donors (Lipinski definition) is 1. The van der Waals surface area contributed by atoms with E-state index in [-0.39, 0.29) is 4.75 Å². The standard InChI is InChI=1S/2C7H8.C4H10S/c2*1-7-5-3-2-4-6-7;1-4(2,3)5/h2*2-6H,1H3;5H,1-3H3. The lowest BCUT2D eigenvalue weighted by atomic mass is 10.2. The van der Waals surface area contributed by atoms with Crippen molar-refractivity contribution in [3.63, 3.8) is 0 Å². The molecule has 0 aliphatic carbocycles. The van der Waals surface area contributed by atoms with Crippen molar-refractivity contribution in [1.82, 2.24) is 0 Å². The lowest BCUT2D eigenvalue weighted by molar-refractivity contribution is 0.812. The molecule has 2 rings (SSSR count). The van der Waals surface area contributed by atoms with E-state index in [2.05, 4.69) is 71.5 Å². The fourth-order valence-corrected chi connectivity index (χ4v) is 1.07. The van der Waals surface area contributed by atoms with Crippen LogP contribution >= 0.6 is 12.6 Å². The van der Waals surface area contributed by atoms with Crippen LogP contribution in [-0.2, 0) is 0 Å². The first-order valence-corrected chi connectivity index (χ1v) is 6.99. The topological polar surface area (TPSA) is 0 Å². The van der Waals surface area contributed by atoms with Crippen molar-refractivity contribution in [3.05, 3.63) is 71.8 Å². The van der Waals surface area contributed by atoms with Crippen molar-refractivity contribution in [3.8, 4) is 0 Å². The monoisotopic (exact) mass is 274 g/mol. The highest BCUT2D eigenvalue weighted by Crippen LogP contribution is 2.07. The van der Waals surface area contributed by atoms with Crippen molar-refractivity contribution >= 4 is 12.6 Å². The van der Waals surface area contributed by atoms with Crippen LogP contribution in [0.15, 0.2) is 60.7 Å². The minimum absolute atomic E-state index is 0.194. The smallest absolute Gasteiger partial charge is 0.00449 e. The zero-order valence-corrected chi connectivity index (χ0v) is 13.6. The molecule has 0 saturated carbocycles. The molecule has 0 nitrogen and oxygen atoms in total. The predicted molar refractivity (Wildman–Crippen MR) is 91.1 cm³/mol. The maximum absolute atomic E-state index is 4.12. The van der Waals surface area contributed by atoms with Gasteiger partial charge in [0.05, 0.1) is 0 Å². The van der Waals surface area contributed by atoms with Crippen LogP contribution in [0.2, 0.25) is 0 Å². The van der Waals surface area contributed by atoms with Crippen LogP contribution in [0.1, 0.15) is 31.9 Å². The zero-order chi connectivity index (χ0) is 14.7. The maximum Gasteiger partial charge on any atom is 0.00449 e. The Balaban J connectivity index is 0.000000261. The number of hydrogen-bond acceptors (Lipinski definition) is 1. The molecule has 2 aromatic rings. The molecule has 0 fully saturated rings. The summed E-state index contributed by atoms with van der Waals surface area (Å²) in [5.41, 5.74) is 2.64. The summed E-state index contributed by atoms with van der Waals surface area (Å²) in [6.07, 6.45) is 0. The van der Waals surface area contributed by atoms with Crippen molar-refractivity contribution in [2.24, 2.45) is 0 Å². The number of rotatable bonds is 0. The van der Waals surface area contributed by atoms with Gasteiger partial charge in [-0.15, -0.1) is 0 Å². The molecule has 0 aromatic heterocycles. The van der Waals surface area contributed by atoms with Crippen LogP contribution in [0.4, 0.5) is 0 Å². The molecule has 0 amide bonds. The molecule has 0 aliphatic rings. The molecule has 0 heterocycles. The van der Waals surface area contributed by atoms with Gasteiger partial charge in [0.25, 0.3) is 0 Å². The first kappa shape index (κ1) is 17.8. The van der Waals surface area contributed by atoms with Crippen molar-refractivity contribution in [2.75, 3.05) is 0 Å². The average Bonchev–Trinajstić information content (AvgIpc) is 2.29. The molecule has 0 aliphatic heterocycles. The van der Waals surface area contributed by atoms with Gasteiger partial charge in [-0.1, -0.05) is 92.6 Å². The van der Waals surface area contributed by atoms with E-state index >= 15 is 0 Å². The summed E-state index contributed by atoms with van der Waals surface area (Å²) in [6.45, 7) is 10.3. The van der Waals surface area contributed by atoms with Gasteiger partial charge in [0, 0.05) is 4.75 Å². The molecule has 0 N–H and O–H groups in total. The van der Waals surface area contributed by atoms with Gasteiger partial charge >= 0.3 is 0 Å². The Bertz CT molecular complexity index is 369. The summed E-state index contributed by atoms with van der Waals surface area (Å²) in [5, 5.41) is 0. The quantitative estimate of drug-likeness (QED) is 0.585. The molecule has 0 radical (unpaired) electrons. The summed E-state index contributed by atoms with van der Waals surface area (Å²) in [4.78, 5) is 0. The third-order valence-corrected chi connectivity index (χ3v) is 1.88. The molecule has 0 atom stereocenters. The first-order valence-electron chi connectivity index (χ1n) is 6.54. The SMILES string of the molecule is CC(C)(C)S.Cc1ccccc1.Cc1ccccc1. The Morgan fingerprint density at radius 3 is 0.947 bits per heavy atom. The molecular weight excluding hydrogens is 248 g/mol. The predicted octanol–water partition coefficient (Wildman–Crippen LogP) is 5.70. The largest absolute Gasteiger partial charge is 0.173 e. The number of aryl methyl sites for hydroxylation is 2. The molecular formula is C18H26S. The third kappa shape index (κ3) is 16.8. The van der Waals surface area contributed by atoms with Crippen LogP contribution in [0.3, 0.4) is 0 Å². The highest BCUT2D eigenvalue weighted by Gasteiger charge is 1.96. The molecule has 1 heteroatoms. The van der Waals surface area contributed by atoms with Gasteiger partial charge in [-0.05, 0) is 13.8 Å². The normalized spacial score (nSPS) is 9.58. The Kier molecular flexibility index (Phi) is 9.07. The number of benzene rings is 2. The lowest BCUT2D eigenvalue weighted by Gasteiger charge is -2.04. The average molecular weight is 274 g/mol. The van der Waals surface area contributed by atoms with Crippen molar-refractivity contribution in [2.45, 2.75) is 39.4 Å². The van der Waals surface area contributed by atoms with E-state index in [9.17, 15) is 0 Å². The van der Waals surface area contributed by atoms with Gasteiger partial charge in [0.1, 0.15) is 0 Å². The van der Waals surface area contributed by atoms with Crippen molar-refractivity contribution in [1.29, 1.82) is 0 Å². The van der Waals surface area contributed by atoms with Crippen LogP contribution in [0.5, 0.6) is 0 Å². The van der Waals surface area contributed by atoms with Gasteiger partial charge in [0.15, 0.2) is 0 Å². The lowest BCUT2D eigenvalue weighted by Crippen LogP contribution is -1.99. The van der Waals surface area contributed by atoms with E-state index in [1.807, 2.05) is 36.4 Å². The van der Waals surface area contributed by atoms with E-state index in [0.29, 0.717) is 0 Å². The maximum atomic E-state index is 4.12. The second kappa shape index (κ2) is 9.69. The Morgan fingerprint density at radius 2 is 0.842 bits per heavy atom. The van der Waals surface area contributed by atoms with E-state index in [1.165, 1.54) is 11.1 Å². The van der Waals surface area contributed by atoms with Crippen LogP contribution in [-0.4, -0.2) is 4.75 Å². The van der Waals surface area contributed by atoms with Gasteiger partial charge in [-0.3, -0.25) is 0 Å². The summed E-state index contributed by atoms with van der Waals surface area (Å²) >= 11 is 4.12. The van der Waals surface area contributed by atoms with E-state index < -0.39 is 0 Å². The van der Waals surface area contributed by atoms with Gasteiger partial charge in [-0.25, -0.2) is 0 Å². The second-order valence-corrected chi connectivity index (χ2v) is 6.82.